The van der Waals surface area contributed by atoms with Gasteiger partial charge in [-0.15, -0.1) is 6.58 Å². The fraction of sp³-hybridized carbons (Fsp3) is 0.667. The van der Waals surface area contributed by atoms with Gasteiger partial charge >= 0.3 is 5.97 Å². The number of hydrogen-bond donors (Lipinski definition) is 2. The summed E-state index contributed by atoms with van der Waals surface area (Å²) < 4.78 is 5.25. The summed E-state index contributed by atoms with van der Waals surface area (Å²) in [7, 11) is 0. The van der Waals surface area contributed by atoms with Gasteiger partial charge in [0.15, 0.2) is 0 Å². The predicted molar refractivity (Wildman–Crippen MR) is 62.5 cm³/mol. The van der Waals surface area contributed by atoms with E-state index in [1.165, 1.54) is 0 Å². The molecule has 0 aromatic heterocycles. The Balaban J connectivity index is 2.35. The number of carboxylic acids is 1. The average Bonchev–Trinajstić information content (AvgIpc) is 3.09. The molecule has 0 aromatic carbocycles. The van der Waals surface area contributed by atoms with Gasteiger partial charge in [0, 0.05) is 0 Å². The smallest absolute Gasteiger partial charge is 0.326 e. The molecule has 1 aliphatic rings. The Kier molecular flexibility index (Phi) is 5.15. The van der Waals surface area contributed by atoms with Gasteiger partial charge in [0.05, 0.1) is 6.61 Å². The van der Waals surface area contributed by atoms with Crippen molar-refractivity contribution >= 4 is 11.9 Å². The molecule has 0 saturated heterocycles. The van der Waals surface area contributed by atoms with E-state index in [-0.39, 0.29) is 11.8 Å². The van der Waals surface area contributed by atoms with E-state index < -0.39 is 18.1 Å². The molecule has 2 atom stereocenters. The number of carboxylic acid groups (broad SMARTS) is 1. The number of amides is 1. The monoisotopic (exact) mass is 241 g/mol. The number of carbonyl (C=O) groups is 2. The van der Waals surface area contributed by atoms with Crippen LogP contribution in [0.3, 0.4) is 0 Å². The van der Waals surface area contributed by atoms with Crippen LogP contribution in [0, 0.1) is 5.92 Å². The van der Waals surface area contributed by atoms with Crippen LogP contribution in [0.1, 0.15) is 26.2 Å². The molecule has 0 aliphatic heterocycles. The zero-order chi connectivity index (χ0) is 12.8. The standard InChI is InChI=1S/C12H19NO4/c1-3-4-7-17-8(2)11(14)13-10(12(15)16)9-5-6-9/h3,8-10H,1,4-7H2,2H3,(H,13,14)(H,15,16). The fourth-order valence-electron chi connectivity index (χ4n) is 1.49. The summed E-state index contributed by atoms with van der Waals surface area (Å²) in [5.74, 6) is -1.26. The minimum atomic E-state index is -0.973. The Morgan fingerprint density at radius 3 is 2.71 bits per heavy atom. The summed E-state index contributed by atoms with van der Waals surface area (Å²) in [5.41, 5.74) is 0. The lowest BCUT2D eigenvalue weighted by Crippen LogP contribution is -2.46. The molecule has 0 aromatic rings. The number of carbonyl (C=O) groups excluding carboxylic acids is 1. The van der Waals surface area contributed by atoms with Gasteiger partial charge in [-0.1, -0.05) is 6.08 Å². The second-order valence-electron chi connectivity index (χ2n) is 4.25. The molecule has 2 N–H and O–H groups in total. The van der Waals surface area contributed by atoms with E-state index in [1.54, 1.807) is 13.0 Å². The van der Waals surface area contributed by atoms with Gasteiger partial charge in [0.1, 0.15) is 12.1 Å². The van der Waals surface area contributed by atoms with E-state index in [4.69, 9.17) is 9.84 Å². The van der Waals surface area contributed by atoms with Crippen LogP contribution >= 0.6 is 0 Å². The second-order valence-corrected chi connectivity index (χ2v) is 4.25. The van der Waals surface area contributed by atoms with Crippen molar-refractivity contribution < 1.29 is 19.4 Å². The molecule has 0 spiro atoms. The van der Waals surface area contributed by atoms with Crippen LogP contribution in [0.2, 0.25) is 0 Å². The molecule has 1 rings (SSSR count). The molecule has 1 aliphatic carbocycles. The highest BCUT2D eigenvalue weighted by atomic mass is 16.5. The van der Waals surface area contributed by atoms with Crippen molar-refractivity contribution in [3.63, 3.8) is 0 Å². The van der Waals surface area contributed by atoms with Crippen LogP contribution in [0.15, 0.2) is 12.7 Å². The van der Waals surface area contributed by atoms with Crippen LogP contribution in [0.5, 0.6) is 0 Å². The lowest BCUT2D eigenvalue weighted by Gasteiger charge is -2.17. The third-order valence-electron chi connectivity index (χ3n) is 2.72. The maximum absolute atomic E-state index is 11.7. The molecule has 1 amide bonds. The first-order chi connectivity index (χ1) is 8.06. The average molecular weight is 241 g/mol. The molecule has 5 heteroatoms. The highest BCUT2D eigenvalue weighted by molar-refractivity contribution is 5.86. The van der Waals surface area contributed by atoms with Crippen molar-refractivity contribution in [3.05, 3.63) is 12.7 Å². The molecule has 17 heavy (non-hydrogen) atoms. The Bertz CT molecular complexity index is 299. The first-order valence-electron chi connectivity index (χ1n) is 5.82. The Labute approximate surface area is 101 Å². The third-order valence-corrected chi connectivity index (χ3v) is 2.72. The Hall–Kier alpha value is -1.36. The highest BCUT2D eigenvalue weighted by Crippen LogP contribution is 2.32. The van der Waals surface area contributed by atoms with Crippen molar-refractivity contribution in [2.45, 2.75) is 38.3 Å². The summed E-state index contributed by atoms with van der Waals surface area (Å²) in [6, 6.07) is -0.770. The van der Waals surface area contributed by atoms with Gasteiger partial charge < -0.3 is 15.2 Å². The molecule has 0 radical (unpaired) electrons. The van der Waals surface area contributed by atoms with E-state index in [1.807, 2.05) is 0 Å². The lowest BCUT2D eigenvalue weighted by molar-refractivity contribution is -0.144. The molecule has 1 fully saturated rings. The van der Waals surface area contributed by atoms with E-state index in [0.29, 0.717) is 13.0 Å². The van der Waals surface area contributed by atoms with Crippen LogP contribution in [0.4, 0.5) is 0 Å². The Morgan fingerprint density at radius 1 is 1.59 bits per heavy atom. The van der Waals surface area contributed by atoms with Crippen LogP contribution < -0.4 is 5.32 Å². The van der Waals surface area contributed by atoms with Crippen molar-refractivity contribution in [2.75, 3.05) is 6.61 Å². The van der Waals surface area contributed by atoms with Gasteiger partial charge in [-0.05, 0) is 32.1 Å². The molecular weight excluding hydrogens is 222 g/mol. The van der Waals surface area contributed by atoms with Gasteiger partial charge in [-0.2, -0.15) is 0 Å². The molecular formula is C12H19NO4. The Morgan fingerprint density at radius 2 is 2.24 bits per heavy atom. The zero-order valence-corrected chi connectivity index (χ0v) is 10.0. The van der Waals surface area contributed by atoms with Crippen LogP contribution in [0.25, 0.3) is 0 Å². The molecule has 5 nitrogen and oxygen atoms in total. The number of hydrogen-bond acceptors (Lipinski definition) is 3. The number of nitrogens with one attached hydrogen (secondary N) is 1. The van der Waals surface area contributed by atoms with Gasteiger partial charge in [-0.3, -0.25) is 4.79 Å². The largest absolute Gasteiger partial charge is 0.480 e. The predicted octanol–water partition coefficient (Wildman–Crippen LogP) is 0.947. The van der Waals surface area contributed by atoms with Crippen molar-refractivity contribution in [2.24, 2.45) is 5.92 Å². The van der Waals surface area contributed by atoms with Crippen molar-refractivity contribution in [3.8, 4) is 0 Å². The molecule has 96 valence electrons. The highest BCUT2D eigenvalue weighted by Gasteiger charge is 2.37. The molecule has 1 saturated carbocycles. The molecule has 0 bridgehead atoms. The summed E-state index contributed by atoms with van der Waals surface area (Å²) in [6.45, 7) is 5.58. The third kappa shape index (κ3) is 4.56. The number of rotatable bonds is 8. The maximum atomic E-state index is 11.7. The van der Waals surface area contributed by atoms with E-state index in [0.717, 1.165) is 12.8 Å². The van der Waals surface area contributed by atoms with E-state index in [2.05, 4.69) is 11.9 Å². The first kappa shape index (κ1) is 13.7. The van der Waals surface area contributed by atoms with E-state index in [9.17, 15) is 9.59 Å². The van der Waals surface area contributed by atoms with Gasteiger partial charge in [-0.25, -0.2) is 4.79 Å². The maximum Gasteiger partial charge on any atom is 0.326 e. The first-order valence-corrected chi connectivity index (χ1v) is 5.82. The van der Waals surface area contributed by atoms with Crippen LogP contribution in [-0.2, 0) is 14.3 Å². The fourth-order valence-corrected chi connectivity index (χ4v) is 1.49. The summed E-state index contributed by atoms with van der Waals surface area (Å²) in [4.78, 5) is 22.6. The summed E-state index contributed by atoms with van der Waals surface area (Å²) in [6.07, 6.45) is 3.47. The van der Waals surface area contributed by atoms with Crippen molar-refractivity contribution in [1.82, 2.24) is 5.32 Å². The lowest BCUT2D eigenvalue weighted by atomic mass is 10.2. The minimum absolute atomic E-state index is 0.0804. The quantitative estimate of drug-likeness (QED) is 0.490. The number of ether oxygens (including phenoxy) is 1. The molecule has 2 unspecified atom stereocenters. The topological polar surface area (TPSA) is 75.6 Å². The van der Waals surface area contributed by atoms with Gasteiger partial charge in [0.2, 0.25) is 5.91 Å². The van der Waals surface area contributed by atoms with Crippen LogP contribution in [-0.4, -0.2) is 35.7 Å². The second kappa shape index (κ2) is 6.39. The summed E-state index contributed by atoms with van der Waals surface area (Å²) in [5, 5.41) is 11.5. The van der Waals surface area contributed by atoms with E-state index >= 15 is 0 Å². The normalized spacial score (nSPS) is 18.2. The summed E-state index contributed by atoms with van der Waals surface area (Å²) >= 11 is 0. The number of aliphatic carboxylic acids is 1. The SMILES string of the molecule is C=CCCOC(C)C(=O)NC(C(=O)O)C1CC1. The minimum Gasteiger partial charge on any atom is -0.480 e. The van der Waals surface area contributed by atoms with Crippen molar-refractivity contribution in [1.29, 1.82) is 0 Å². The van der Waals surface area contributed by atoms with Gasteiger partial charge in [0.25, 0.3) is 0 Å². The zero-order valence-electron chi connectivity index (χ0n) is 10.0. The molecule has 0 heterocycles.